The molecule has 0 fully saturated rings. The maximum atomic E-state index is 11.1. The predicted molar refractivity (Wildman–Crippen MR) is 114 cm³/mol. The van der Waals surface area contributed by atoms with Crippen LogP contribution in [0, 0.1) is 10.1 Å². The quantitative estimate of drug-likeness (QED) is 0.296. The summed E-state index contributed by atoms with van der Waals surface area (Å²) in [6.07, 6.45) is 1.36. The van der Waals surface area contributed by atoms with Crippen LogP contribution < -0.4 is 15.5 Å². The average Bonchev–Trinajstić information content (AvgIpc) is 3.17. The highest BCUT2D eigenvalue weighted by molar-refractivity contribution is 7.14. The highest BCUT2D eigenvalue weighted by atomic mass is 32.1. The van der Waals surface area contributed by atoms with Gasteiger partial charge in [0.05, 0.1) is 23.9 Å². The molecular weight excluding hydrogens is 410 g/mol. The summed E-state index contributed by atoms with van der Waals surface area (Å²) in [7, 11) is 1.30. The first-order valence-corrected chi connectivity index (χ1v) is 9.43. The lowest BCUT2D eigenvalue weighted by Gasteiger charge is -2.05. The van der Waals surface area contributed by atoms with Gasteiger partial charge in [-0.3, -0.25) is 20.3 Å². The normalized spacial score (nSPS) is 10.7. The number of nitrogens with one attached hydrogen (secondary N) is 2. The molecule has 0 bridgehead atoms. The number of amides is 1. The van der Waals surface area contributed by atoms with Gasteiger partial charge in [-0.2, -0.15) is 5.10 Å². The van der Waals surface area contributed by atoms with Gasteiger partial charge in [-0.25, -0.2) is 4.98 Å². The zero-order valence-electron chi connectivity index (χ0n) is 15.9. The molecular formula is C19H17N5O5S. The Kier molecular flexibility index (Phi) is 6.23. The fraction of sp³-hybridized carbons (Fsp3) is 0.105. The maximum Gasteiger partial charge on any atom is 0.315 e. The van der Waals surface area contributed by atoms with Crippen LogP contribution in [0.3, 0.4) is 0 Å². The van der Waals surface area contributed by atoms with E-state index >= 15 is 0 Å². The van der Waals surface area contributed by atoms with Gasteiger partial charge in [-0.05, 0) is 18.2 Å². The molecule has 3 N–H and O–H groups in total. The second-order valence-electron chi connectivity index (χ2n) is 6.01. The number of hydrazone groups is 1. The molecule has 0 spiro atoms. The molecule has 0 saturated heterocycles. The van der Waals surface area contributed by atoms with Crippen LogP contribution in [0.2, 0.25) is 0 Å². The average molecular weight is 427 g/mol. The van der Waals surface area contributed by atoms with Crippen molar-refractivity contribution in [3.05, 3.63) is 57.5 Å². The fourth-order valence-electron chi connectivity index (χ4n) is 2.53. The smallest absolute Gasteiger partial charge is 0.315 e. The largest absolute Gasteiger partial charge is 0.500 e. The number of hydrogen-bond acceptors (Lipinski definition) is 9. The van der Waals surface area contributed by atoms with Crippen molar-refractivity contribution in [3.8, 4) is 22.8 Å². The monoisotopic (exact) mass is 427 g/mol. The molecule has 10 nitrogen and oxygen atoms in total. The molecule has 0 unspecified atom stereocenters. The highest BCUT2D eigenvalue weighted by Crippen LogP contribution is 2.36. The standard InChI is InChI=1S/C19H17N5O5S/c1-11(25)21-14-5-3-13(4-6-14)15-10-30-19(22-15)23-20-9-12-7-16(24(27)28)18(26)17(8-12)29-2/h3-10,26H,1-2H3,(H,21,25)(H,22,23)/b20-9-. The van der Waals surface area contributed by atoms with Gasteiger partial charge in [-0.15, -0.1) is 11.3 Å². The van der Waals surface area contributed by atoms with Crippen molar-refractivity contribution >= 4 is 40.0 Å². The molecule has 0 saturated carbocycles. The number of carbonyl (C=O) groups is 1. The third kappa shape index (κ3) is 4.89. The van der Waals surface area contributed by atoms with E-state index in [2.05, 4.69) is 20.8 Å². The van der Waals surface area contributed by atoms with E-state index < -0.39 is 16.4 Å². The van der Waals surface area contributed by atoms with Crippen LogP contribution in [-0.4, -0.2) is 34.2 Å². The van der Waals surface area contributed by atoms with E-state index in [0.717, 1.165) is 11.3 Å². The first kappa shape index (κ1) is 20.7. The number of hydrogen-bond donors (Lipinski definition) is 3. The molecule has 0 aliphatic rings. The summed E-state index contributed by atoms with van der Waals surface area (Å²) in [5, 5.41) is 30.0. The fourth-order valence-corrected chi connectivity index (χ4v) is 3.20. The summed E-state index contributed by atoms with van der Waals surface area (Å²) in [4.78, 5) is 25.9. The molecule has 3 aromatic rings. The summed E-state index contributed by atoms with van der Waals surface area (Å²) in [5.74, 6) is -0.705. The van der Waals surface area contributed by atoms with E-state index in [4.69, 9.17) is 4.74 Å². The number of nitro groups is 1. The number of ether oxygens (including phenoxy) is 1. The van der Waals surface area contributed by atoms with Gasteiger partial charge in [0.25, 0.3) is 0 Å². The molecule has 11 heteroatoms. The molecule has 154 valence electrons. The number of nitro benzene ring substituents is 1. The Labute approximate surface area is 175 Å². The van der Waals surface area contributed by atoms with Crippen LogP contribution in [0.1, 0.15) is 12.5 Å². The van der Waals surface area contributed by atoms with Crippen molar-refractivity contribution in [2.45, 2.75) is 6.92 Å². The molecule has 2 aromatic carbocycles. The summed E-state index contributed by atoms with van der Waals surface area (Å²) in [6.45, 7) is 1.44. The van der Waals surface area contributed by atoms with Crippen molar-refractivity contribution in [1.82, 2.24) is 4.98 Å². The van der Waals surface area contributed by atoms with Crippen LogP contribution in [0.15, 0.2) is 46.9 Å². The molecule has 1 aromatic heterocycles. The van der Waals surface area contributed by atoms with Gasteiger partial charge in [0.1, 0.15) is 0 Å². The molecule has 3 rings (SSSR count). The van der Waals surface area contributed by atoms with E-state index in [9.17, 15) is 20.0 Å². The van der Waals surface area contributed by atoms with E-state index in [0.29, 0.717) is 16.4 Å². The number of methoxy groups -OCH3 is 1. The van der Waals surface area contributed by atoms with Crippen LogP contribution >= 0.6 is 11.3 Å². The summed E-state index contributed by atoms with van der Waals surface area (Å²) in [6, 6.07) is 9.87. The van der Waals surface area contributed by atoms with Gasteiger partial charge >= 0.3 is 5.69 Å². The van der Waals surface area contributed by atoms with E-state index in [1.807, 2.05) is 17.5 Å². The second kappa shape index (κ2) is 9.01. The molecule has 30 heavy (non-hydrogen) atoms. The van der Waals surface area contributed by atoms with Crippen molar-refractivity contribution < 1.29 is 19.6 Å². The third-order valence-corrected chi connectivity index (χ3v) is 4.62. The number of rotatable bonds is 7. The van der Waals surface area contributed by atoms with Crippen molar-refractivity contribution in [1.29, 1.82) is 0 Å². The lowest BCUT2D eigenvalue weighted by atomic mass is 10.1. The maximum absolute atomic E-state index is 11.1. The Morgan fingerprint density at radius 3 is 2.70 bits per heavy atom. The van der Waals surface area contributed by atoms with Crippen LogP contribution in [-0.2, 0) is 4.79 Å². The first-order valence-electron chi connectivity index (χ1n) is 8.55. The van der Waals surface area contributed by atoms with E-state index in [1.165, 1.54) is 43.7 Å². The number of carbonyl (C=O) groups excluding carboxylic acids is 1. The minimum absolute atomic E-state index is 0.0232. The molecule has 0 aliphatic heterocycles. The van der Waals surface area contributed by atoms with E-state index in [-0.39, 0.29) is 11.7 Å². The number of phenolic OH excluding ortho intramolecular Hbond substituents is 1. The van der Waals surface area contributed by atoms with Crippen LogP contribution in [0.5, 0.6) is 11.5 Å². The number of benzene rings is 2. The van der Waals surface area contributed by atoms with Gasteiger partial charge in [-0.1, -0.05) is 12.1 Å². The lowest BCUT2D eigenvalue weighted by molar-refractivity contribution is -0.386. The SMILES string of the molecule is COc1cc(/C=N\Nc2nc(-c3ccc(NC(C)=O)cc3)cs2)cc([N+](=O)[O-])c1O. The number of aromatic nitrogens is 1. The molecule has 0 atom stereocenters. The zero-order valence-corrected chi connectivity index (χ0v) is 16.8. The minimum atomic E-state index is -0.701. The van der Waals surface area contributed by atoms with Gasteiger partial charge in [0.15, 0.2) is 5.75 Å². The number of nitrogens with zero attached hydrogens (tertiary/aromatic N) is 3. The predicted octanol–water partition coefficient (Wildman–Crippen LogP) is 3.84. The topological polar surface area (TPSA) is 139 Å². The molecule has 1 heterocycles. The van der Waals surface area contributed by atoms with E-state index in [1.54, 1.807) is 12.1 Å². The van der Waals surface area contributed by atoms with Crippen LogP contribution in [0.25, 0.3) is 11.3 Å². The van der Waals surface area contributed by atoms with Gasteiger partial charge in [0, 0.05) is 35.2 Å². The third-order valence-electron chi connectivity index (χ3n) is 3.87. The Balaban J connectivity index is 1.71. The molecule has 0 aliphatic carbocycles. The van der Waals surface area contributed by atoms with Crippen molar-refractivity contribution in [2.24, 2.45) is 5.10 Å². The van der Waals surface area contributed by atoms with Gasteiger partial charge < -0.3 is 15.2 Å². The number of aromatic hydroxyl groups is 1. The first-order chi connectivity index (χ1) is 14.4. The molecule has 1 amide bonds. The minimum Gasteiger partial charge on any atom is -0.500 e. The number of thiazole rings is 1. The number of anilines is 2. The Morgan fingerprint density at radius 2 is 2.07 bits per heavy atom. The van der Waals surface area contributed by atoms with Crippen molar-refractivity contribution in [2.75, 3.05) is 17.9 Å². The Bertz CT molecular complexity index is 1110. The van der Waals surface area contributed by atoms with Crippen LogP contribution in [0.4, 0.5) is 16.5 Å². The highest BCUT2D eigenvalue weighted by Gasteiger charge is 2.19. The van der Waals surface area contributed by atoms with Crippen molar-refractivity contribution in [3.63, 3.8) is 0 Å². The number of phenols is 1. The Morgan fingerprint density at radius 1 is 1.33 bits per heavy atom. The zero-order chi connectivity index (χ0) is 21.7. The Hall–Kier alpha value is -3.99. The molecule has 0 radical (unpaired) electrons. The summed E-state index contributed by atoms with van der Waals surface area (Å²) < 4.78 is 4.95. The second-order valence-corrected chi connectivity index (χ2v) is 6.87. The lowest BCUT2D eigenvalue weighted by Crippen LogP contribution is -2.05. The summed E-state index contributed by atoms with van der Waals surface area (Å²) >= 11 is 1.33. The summed E-state index contributed by atoms with van der Waals surface area (Å²) in [5.41, 5.74) is 4.96. The van der Waals surface area contributed by atoms with Gasteiger partial charge in [0.2, 0.25) is 16.8 Å².